The van der Waals surface area contributed by atoms with E-state index in [0.29, 0.717) is 43.2 Å². The number of hydrogen-bond donors (Lipinski definition) is 2. The van der Waals surface area contributed by atoms with E-state index in [9.17, 15) is 14.0 Å². The second-order valence-corrected chi connectivity index (χ2v) is 10.1. The summed E-state index contributed by atoms with van der Waals surface area (Å²) in [4.78, 5) is 29.6. The fourth-order valence-electron chi connectivity index (χ4n) is 4.40. The van der Waals surface area contributed by atoms with E-state index in [2.05, 4.69) is 29.4 Å². The Morgan fingerprint density at radius 1 is 1.16 bits per heavy atom. The Morgan fingerprint density at radius 3 is 2.51 bits per heavy atom. The highest BCUT2D eigenvalue weighted by Gasteiger charge is 2.28. The fraction of sp³-hybridized carbons (Fsp3) is 0.500. The van der Waals surface area contributed by atoms with Crippen LogP contribution in [-0.2, 0) is 11.3 Å². The Morgan fingerprint density at radius 2 is 1.86 bits per heavy atom. The van der Waals surface area contributed by atoms with Crippen LogP contribution < -0.4 is 15.4 Å². The molecule has 0 saturated heterocycles. The molecule has 0 spiro atoms. The van der Waals surface area contributed by atoms with Crippen LogP contribution in [0.2, 0.25) is 0 Å². The van der Waals surface area contributed by atoms with Crippen LogP contribution in [0.15, 0.2) is 42.5 Å². The third-order valence-electron chi connectivity index (χ3n) is 6.55. The zero-order valence-electron chi connectivity index (χ0n) is 22.6. The number of carbonyl (C=O) groups excluding carboxylic acids is 2. The lowest BCUT2D eigenvalue weighted by molar-refractivity contribution is 0.00921. The van der Waals surface area contributed by atoms with Crippen LogP contribution in [0, 0.1) is 11.7 Å². The van der Waals surface area contributed by atoms with E-state index >= 15 is 0 Å². The standard InChI is InChI=1S/C28H39FN4O4/c1-18(2)30-28(35)31-23-11-12-25-24(13-23)27(34)32(5)16-26(36-6)19(3)14-33(20(4)17-37-25)15-21-7-9-22(29)10-8-21/h7-13,18-20,26H,14-17H2,1-6H3,(H2,30,31,35)/t19-,20-,26-/m0/s1. The number of methoxy groups -OCH3 is 1. The maximum absolute atomic E-state index is 13.5. The fourth-order valence-corrected chi connectivity index (χ4v) is 4.40. The molecule has 2 aromatic rings. The van der Waals surface area contributed by atoms with Crippen molar-refractivity contribution in [3.8, 4) is 5.75 Å². The predicted molar refractivity (Wildman–Crippen MR) is 142 cm³/mol. The van der Waals surface area contributed by atoms with Gasteiger partial charge in [-0.15, -0.1) is 0 Å². The van der Waals surface area contributed by atoms with Gasteiger partial charge >= 0.3 is 6.03 Å². The van der Waals surface area contributed by atoms with Gasteiger partial charge in [0.1, 0.15) is 18.2 Å². The predicted octanol–water partition coefficient (Wildman–Crippen LogP) is 4.36. The van der Waals surface area contributed by atoms with Gasteiger partial charge in [0, 0.05) is 51.6 Å². The lowest BCUT2D eigenvalue weighted by Crippen LogP contribution is -2.46. The van der Waals surface area contributed by atoms with Crippen LogP contribution in [0.3, 0.4) is 0 Å². The van der Waals surface area contributed by atoms with Gasteiger partial charge in [-0.05, 0) is 62.6 Å². The molecule has 0 bridgehead atoms. The number of ether oxygens (including phenoxy) is 2. The van der Waals surface area contributed by atoms with Gasteiger partial charge < -0.3 is 25.0 Å². The molecule has 8 nitrogen and oxygen atoms in total. The number of benzene rings is 2. The summed E-state index contributed by atoms with van der Waals surface area (Å²) in [5.41, 5.74) is 1.87. The van der Waals surface area contributed by atoms with E-state index < -0.39 is 0 Å². The number of urea groups is 1. The van der Waals surface area contributed by atoms with E-state index in [0.717, 1.165) is 5.56 Å². The monoisotopic (exact) mass is 514 g/mol. The largest absolute Gasteiger partial charge is 0.491 e. The third-order valence-corrected chi connectivity index (χ3v) is 6.55. The third kappa shape index (κ3) is 7.90. The number of anilines is 1. The minimum Gasteiger partial charge on any atom is -0.491 e. The molecule has 0 radical (unpaired) electrons. The molecule has 202 valence electrons. The molecule has 3 amide bonds. The maximum Gasteiger partial charge on any atom is 0.319 e. The first kappa shape index (κ1) is 28.4. The average molecular weight is 515 g/mol. The zero-order chi connectivity index (χ0) is 27.1. The van der Waals surface area contributed by atoms with Crippen LogP contribution in [-0.4, -0.2) is 73.8 Å². The van der Waals surface area contributed by atoms with E-state index in [4.69, 9.17) is 9.47 Å². The quantitative estimate of drug-likeness (QED) is 0.620. The first-order valence-electron chi connectivity index (χ1n) is 12.7. The number of nitrogens with one attached hydrogen (secondary N) is 2. The van der Waals surface area contributed by atoms with Crippen LogP contribution in [0.5, 0.6) is 5.75 Å². The lowest BCUT2D eigenvalue weighted by Gasteiger charge is -2.36. The van der Waals surface area contributed by atoms with Crippen molar-refractivity contribution in [2.75, 3.05) is 39.2 Å². The number of carbonyl (C=O) groups is 2. The van der Waals surface area contributed by atoms with Gasteiger partial charge in [-0.1, -0.05) is 19.1 Å². The second-order valence-electron chi connectivity index (χ2n) is 10.1. The van der Waals surface area contributed by atoms with E-state index in [1.54, 1.807) is 49.4 Å². The molecular weight excluding hydrogens is 475 g/mol. The molecule has 37 heavy (non-hydrogen) atoms. The van der Waals surface area contributed by atoms with Gasteiger partial charge in [0.25, 0.3) is 5.91 Å². The Balaban J connectivity index is 1.91. The van der Waals surface area contributed by atoms with Gasteiger partial charge in [0.2, 0.25) is 0 Å². The summed E-state index contributed by atoms with van der Waals surface area (Å²) in [6, 6.07) is 11.2. The Kier molecular flexibility index (Phi) is 9.88. The normalized spacial score (nSPS) is 21.5. The smallest absolute Gasteiger partial charge is 0.319 e. The molecular formula is C28H39FN4O4. The zero-order valence-corrected chi connectivity index (χ0v) is 22.6. The molecule has 0 saturated carbocycles. The molecule has 0 fully saturated rings. The van der Waals surface area contributed by atoms with Crippen molar-refractivity contribution in [1.82, 2.24) is 15.1 Å². The van der Waals surface area contributed by atoms with Crippen molar-refractivity contribution in [3.05, 3.63) is 59.4 Å². The summed E-state index contributed by atoms with van der Waals surface area (Å²) in [5, 5.41) is 5.56. The van der Waals surface area contributed by atoms with Crippen molar-refractivity contribution in [3.63, 3.8) is 0 Å². The minimum absolute atomic E-state index is 0.000242. The number of halogens is 1. The molecule has 3 atom stereocenters. The molecule has 2 aromatic carbocycles. The Bertz CT molecular complexity index is 1060. The topological polar surface area (TPSA) is 83.1 Å². The highest BCUT2D eigenvalue weighted by Crippen LogP contribution is 2.27. The SMILES string of the molecule is CO[C@H]1CN(C)C(=O)c2cc(NC(=O)NC(C)C)ccc2OC[C@H](C)N(Cc2ccc(F)cc2)C[C@@H]1C. The summed E-state index contributed by atoms with van der Waals surface area (Å²) in [6.45, 7) is 9.99. The van der Waals surface area contributed by atoms with E-state index in [1.165, 1.54) is 12.1 Å². The van der Waals surface area contributed by atoms with Gasteiger partial charge in [-0.25, -0.2) is 9.18 Å². The molecule has 1 heterocycles. The van der Waals surface area contributed by atoms with Gasteiger partial charge in [-0.2, -0.15) is 0 Å². The van der Waals surface area contributed by atoms with Crippen LogP contribution in [0.1, 0.15) is 43.6 Å². The first-order valence-corrected chi connectivity index (χ1v) is 12.7. The molecule has 0 aromatic heterocycles. The molecule has 1 aliphatic rings. The van der Waals surface area contributed by atoms with Crippen molar-refractivity contribution in [2.24, 2.45) is 5.92 Å². The van der Waals surface area contributed by atoms with E-state index in [-0.39, 0.29) is 41.9 Å². The molecule has 0 unspecified atom stereocenters. The minimum atomic E-state index is -0.344. The number of fused-ring (bicyclic) bond motifs is 1. The number of amides is 3. The highest BCUT2D eigenvalue weighted by atomic mass is 19.1. The van der Waals surface area contributed by atoms with Gasteiger partial charge in [0.15, 0.2) is 0 Å². The molecule has 2 N–H and O–H groups in total. The number of nitrogens with zero attached hydrogens (tertiary/aromatic N) is 2. The number of hydrogen-bond acceptors (Lipinski definition) is 5. The van der Waals surface area contributed by atoms with Crippen molar-refractivity contribution in [2.45, 2.75) is 52.4 Å². The Labute approximate surface area is 219 Å². The van der Waals surface area contributed by atoms with Crippen LogP contribution in [0.25, 0.3) is 0 Å². The average Bonchev–Trinajstić information content (AvgIpc) is 2.85. The Hall–Kier alpha value is -3.17. The van der Waals surface area contributed by atoms with Crippen LogP contribution >= 0.6 is 0 Å². The summed E-state index contributed by atoms with van der Waals surface area (Å²) >= 11 is 0. The van der Waals surface area contributed by atoms with Gasteiger partial charge in [0.05, 0.1) is 11.7 Å². The number of likely N-dealkylation sites (N-methyl/N-ethyl adjacent to an activating group) is 1. The molecule has 3 rings (SSSR count). The highest BCUT2D eigenvalue weighted by molar-refractivity contribution is 5.99. The molecule has 9 heteroatoms. The van der Waals surface area contributed by atoms with Crippen molar-refractivity contribution >= 4 is 17.6 Å². The second kappa shape index (κ2) is 12.9. The molecule has 1 aliphatic heterocycles. The van der Waals surface area contributed by atoms with Crippen molar-refractivity contribution in [1.29, 1.82) is 0 Å². The first-order chi connectivity index (χ1) is 17.6. The number of rotatable bonds is 5. The van der Waals surface area contributed by atoms with Crippen molar-refractivity contribution < 1.29 is 23.5 Å². The summed E-state index contributed by atoms with van der Waals surface area (Å²) in [6.07, 6.45) is -0.196. The summed E-state index contributed by atoms with van der Waals surface area (Å²) in [5.74, 6) is 0.0765. The summed E-state index contributed by atoms with van der Waals surface area (Å²) in [7, 11) is 3.40. The molecule has 0 aliphatic carbocycles. The maximum atomic E-state index is 13.5. The lowest BCUT2D eigenvalue weighted by atomic mass is 10.0. The summed E-state index contributed by atoms with van der Waals surface area (Å²) < 4.78 is 25.4. The van der Waals surface area contributed by atoms with Crippen LogP contribution in [0.4, 0.5) is 14.9 Å². The van der Waals surface area contributed by atoms with E-state index in [1.807, 2.05) is 13.8 Å². The van der Waals surface area contributed by atoms with Gasteiger partial charge in [-0.3, -0.25) is 9.69 Å².